The third-order valence-electron chi connectivity index (χ3n) is 2.05. The van der Waals surface area contributed by atoms with Gasteiger partial charge in [-0.1, -0.05) is 12.2 Å². The molecule has 0 aromatic heterocycles. The Kier molecular flexibility index (Phi) is 2.30. The molecule has 0 aliphatic heterocycles. The third-order valence-corrected chi connectivity index (χ3v) is 2.16. The molecule has 9 heteroatoms. The van der Waals surface area contributed by atoms with E-state index in [1.807, 2.05) is 0 Å². The van der Waals surface area contributed by atoms with Gasteiger partial charge >= 0.3 is 17.8 Å². The summed E-state index contributed by atoms with van der Waals surface area (Å²) in [6.07, 6.45) is 0. The smallest absolute Gasteiger partial charge is 0.361 e. The van der Waals surface area contributed by atoms with Crippen molar-refractivity contribution >= 4 is 17.2 Å². The van der Waals surface area contributed by atoms with Crippen molar-refractivity contribution < 1.29 is 31.4 Å². The number of hydrogen-bond acceptors (Lipinski definition) is 2. The Morgan fingerprint density at radius 2 is 1.33 bits per heavy atom. The summed E-state index contributed by atoms with van der Waals surface area (Å²) >= 11 is 4.14. The first kappa shape index (κ1) is 12.5. The topological polar surface area (TPSA) is 32.3 Å². The number of thiocarbonyl (C=S) groups is 1. The van der Waals surface area contributed by atoms with E-state index >= 15 is 0 Å². The van der Waals surface area contributed by atoms with Gasteiger partial charge in [0, 0.05) is 0 Å². The van der Waals surface area contributed by atoms with Crippen molar-refractivity contribution in [2.24, 2.45) is 0 Å². The highest BCUT2D eigenvalue weighted by Crippen LogP contribution is 2.65. The molecular weight excluding hydrogens is 248 g/mol. The zero-order valence-corrected chi connectivity index (χ0v) is 7.94. The van der Waals surface area contributed by atoms with Crippen LogP contribution in [-0.2, 0) is 0 Å². The second kappa shape index (κ2) is 2.76. The van der Waals surface area contributed by atoms with Crippen LogP contribution in [0.5, 0.6) is 0 Å². The predicted octanol–water partition coefficient (Wildman–Crippen LogP) is 1.53. The minimum absolute atomic E-state index is 0.646. The first-order chi connectivity index (χ1) is 6.42. The largest absolute Gasteiger partial charge is 0.382 e. The Morgan fingerprint density at radius 1 is 1.00 bits per heavy atom. The van der Waals surface area contributed by atoms with Crippen molar-refractivity contribution in [3.63, 3.8) is 0 Å². The van der Waals surface area contributed by atoms with E-state index in [9.17, 15) is 26.3 Å². The lowest BCUT2D eigenvalue weighted by Crippen LogP contribution is -2.90. The van der Waals surface area contributed by atoms with Crippen molar-refractivity contribution in [2.45, 2.75) is 30.4 Å². The predicted molar refractivity (Wildman–Crippen MR) is 41.2 cm³/mol. The van der Waals surface area contributed by atoms with Gasteiger partial charge in [-0.25, -0.2) is 0 Å². The molecule has 15 heavy (non-hydrogen) atoms. The first-order valence-electron chi connectivity index (χ1n) is 3.56. The fraction of sp³-hybridized carbons (Fsp3) is 0.833. The summed E-state index contributed by atoms with van der Waals surface area (Å²) in [4.78, 5) is -0.646. The number of alkyl halides is 6. The van der Waals surface area contributed by atoms with Gasteiger partial charge in [-0.3, -0.25) is 0 Å². The van der Waals surface area contributed by atoms with E-state index in [2.05, 4.69) is 12.2 Å². The average molecular weight is 253 g/mol. The summed E-state index contributed by atoms with van der Waals surface area (Å²) in [6, 6.07) is 0. The molecule has 1 aliphatic carbocycles. The van der Waals surface area contributed by atoms with Gasteiger partial charge in [-0.05, 0) is 6.92 Å². The number of nitrogens with one attached hydrogen (secondary N) is 1. The van der Waals surface area contributed by atoms with Crippen molar-refractivity contribution in [3.8, 4) is 0 Å². The highest BCUT2D eigenvalue weighted by atomic mass is 32.1. The van der Waals surface area contributed by atoms with Crippen molar-refractivity contribution in [3.05, 3.63) is 0 Å². The normalized spacial score (nSPS) is 29.1. The number of rotatable bonds is 1. The molecule has 88 valence electrons. The second-order valence-electron chi connectivity index (χ2n) is 3.11. The number of halogens is 6. The van der Waals surface area contributed by atoms with Crippen LogP contribution in [0.3, 0.4) is 0 Å². The van der Waals surface area contributed by atoms with Gasteiger partial charge in [0.2, 0.25) is 0 Å². The van der Waals surface area contributed by atoms with E-state index in [1.54, 1.807) is 0 Å². The van der Waals surface area contributed by atoms with Crippen LogP contribution in [0, 0.1) is 0 Å². The van der Waals surface area contributed by atoms with Crippen LogP contribution in [0.15, 0.2) is 0 Å². The molecule has 0 unspecified atom stereocenters. The minimum Gasteiger partial charge on any atom is -0.361 e. The zero-order valence-electron chi connectivity index (χ0n) is 7.12. The zero-order chi connectivity index (χ0) is 12.3. The molecule has 0 aromatic carbocycles. The Hall–Kier alpha value is -0.570. The van der Waals surface area contributed by atoms with Crippen LogP contribution in [0.25, 0.3) is 0 Å². The van der Waals surface area contributed by atoms with Gasteiger partial charge in [0.05, 0.1) is 4.99 Å². The Labute approximate surface area is 85.3 Å². The van der Waals surface area contributed by atoms with Crippen molar-refractivity contribution in [1.29, 1.82) is 0 Å². The molecule has 0 atom stereocenters. The molecule has 0 aromatic rings. The average Bonchev–Trinajstić information content (AvgIpc) is 2.00. The van der Waals surface area contributed by atoms with Crippen LogP contribution < -0.4 is 5.32 Å². The van der Waals surface area contributed by atoms with E-state index in [-0.39, 0.29) is 0 Å². The van der Waals surface area contributed by atoms with Crippen LogP contribution in [0.2, 0.25) is 0 Å². The molecule has 0 bridgehead atoms. The molecule has 1 saturated carbocycles. The highest BCUT2D eigenvalue weighted by Gasteiger charge is 2.99. The lowest BCUT2D eigenvalue weighted by molar-refractivity contribution is -0.494. The Bertz CT molecular complexity index is 299. The summed E-state index contributed by atoms with van der Waals surface area (Å²) in [5.41, 5.74) is -4.34. The van der Waals surface area contributed by atoms with Gasteiger partial charge in [0.15, 0.2) is 0 Å². The fourth-order valence-corrected chi connectivity index (χ4v) is 1.35. The Morgan fingerprint density at radius 3 is 1.60 bits per heavy atom. The lowest BCUT2D eigenvalue weighted by atomic mass is 9.74. The second-order valence-corrected chi connectivity index (χ2v) is 3.73. The van der Waals surface area contributed by atoms with Crippen molar-refractivity contribution in [2.75, 3.05) is 0 Å². The molecule has 0 heterocycles. The number of hydrogen-bond donors (Lipinski definition) is 2. The van der Waals surface area contributed by atoms with Crippen LogP contribution >= 0.6 is 12.2 Å². The highest BCUT2D eigenvalue weighted by molar-refractivity contribution is 7.80. The molecular formula is C6H5F6NOS. The monoisotopic (exact) mass is 253 g/mol. The maximum atomic E-state index is 12.6. The van der Waals surface area contributed by atoms with Gasteiger partial charge in [-0.15, -0.1) is 0 Å². The summed E-state index contributed by atoms with van der Waals surface area (Å²) in [6.45, 7) is 0.899. The standard InChI is InChI=1S/C6H5F6NOS/c1-2(15)13-6(14)4(9,10)3(7,8)5(6,11)12/h14H,1H3,(H,13,15). The quantitative estimate of drug-likeness (QED) is 0.422. The molecule has 0 saturated heterocycles. The molecule has 1 aliphatic rings. The minimum atomic E-state index is -5.60. The molecule has 1 rings (SSSR count). The van der Waals surface area contributed by atoms with Crippen LogP contribution in [0.4, 0.5) is 26.3 Å². The van der Waals surface area contributed by atoms with E-state index in [1.165, 1.54) is 0 Å². The van der Waals surface area contributed by atoms with E-state index in [0.29, 0.717) is 0 Å². The maximum absolute atomic E-state index is 12.6. The van der Waals surface area contributed by atoms with Crippen molar-refractivity contribution in [1.82, 2.24) is 5.32 Å². The summed E-state index contributed by atoms with van der Waals surface area (Å²) in [5, 5.41) is 9.89. The molecule has 1 fully saturated rings. The van der Waals surface area contributed by atoms with Gasteiger partial charge in [0.1, 0.15) is 0 Å². The lowest BCUT2D eigenvalue weighted by Gasteiger charge is -2.55. The fourth-order valence-electron chi connectivity index (χ4n) is 1.20. The summed E-state index contributed by atoms with van der Waals surface area (Å²) in [7, 11) is 0. The maximum Gasteiger partial charge on any atom is 0.382 e. The summed E-state index contributed by atoms with van der Waals surface area (Å²) in [5.74, 6) is -16.2. The van der Waals surface area contributed by atoms with E-state index in [4.69, 9.17) is 5.11 Å². The van der Waals surface area contributed by atoms with Gasteiger partial charge in [0.25, 0.3) is 5.72 Å². The van der Waals surface area contributed by atoms with Crippen LogP contribution in [-0.4, -0.2) is 33.6 Å². The first-order valence-corrected chi connectivity index (χ1v) is 3.97. The van der Waals surface area contributed by atoms with E-state index < -0.39 is 28.5 Å². The van der Waals surface area contributed by atoms with Crippen LogP contribution in [0.1, 0.15) is 6.92 Å². The molecule has 0 radical (unpaired) electrons. The summed E-state index contributed by atoms with van der Waals surface area (Å²) < 4.78 is 75.1. The molecule has 2 N–H and O–H groups in total. The van der Waals surface area contributed by atoms with E-state index in [0.717, 1.165) is 12.2 Å². The Balaban J connectivity index is 3.16. The molecule has 2 nitrogen and oxygen atoms in total. The number of aliphatic hydroxyl groups is 1. The van der Waals surface area contributed by atoms with Gasteiger partial charge in [-0.2, -0.15) is 26.3 Å². The molecule has 0 spiro atoms. The molecule has 0 amide bonds. The SMILES string of the molecule is CC(=S)NC1(O)C(F)(F)C(F)(F)C1(F)F. The van der Waals surface area contributed by atoms with Gasteiger partial charge < -0.3 is 10.4 Å². The third kappa shape index (κ3) is 1.07.